The molecule has 9 nitrogen and oxygen atoms in total. The molecule has 5 aromatic rings. The molecule has 0 saturated carbocycles. The van der Waals surface area contributed by atoms with Gasteiger partial charge in [-0.3, -0.25) is 4.79 Å². The van der Waals surface area contributed by atoms with Crippen LogP contribution in [-0.2, 0) is 4.79 Å². The van der Waals surface area contributed by atoms with E-state index < -0.39 is 17.6 Å². The highest BCUT2D eigenvalue weighted by molar-refractivity contribution is 6.01. The third-order valence-electron chi connectivity index (χ3n) is 7.00. The third kappa shape index (κ3) is 4.97. The van der Waals surface area contributed by atoms with Gasteiger partial charge in [-0.15, -0.1) is 0 Å². The van der Waals surface area contributed by atoms with Gasteiger partial charge in [-0.1, -0.05) is 30.3 Å². The zero-order chi connectivity index (χ0) is 28.5. The summed E-state index contributed by atoms with van der Waals surface area (Å²) < 4.78 is 36.1. The van der Waals surface area contributed by atoms with Gasteiger partial charge in [-0.05, 0) is 40.6 Å². The van der Waals surface area contributed by atoms with E-state index in [0.29, 0.717) is 29.9 Å². The molecule has 1 N–H and O–H groups in total. The van der Waals surface area contributed by atoms with E-state index in [9.17, 15) is 14.3 Å². The first-order valence-corrected chi connectivity index (χ1v) is 12.9. The van der Waals surface area contributed by atoms with Crippen LogP contribution >= 0.6 is 0 Å². The minimum atomic E-state index is -0.951. The van der Waals surface area contributed by atoms with Crippen molar-refractivity contribution in [2.45, 2.75) is 0 Å². The maximum Gasteiger partial charge on any atom is 0.318 e. The number of hydrogen-bond donors (Lipinski definition) is 1. The molecular formula is C30H24F2N6O3. The molecule has 1 amide bonds. The smallest absolute Gasteiger partial charge is 0.318 e. The number of anilines is 1. The fourth-order valence-corrected chi connectivity index (χ4v) is 5.02. The van der Waals surface area contributed by atoms with E-state index in [1.165, 1.54) is 30.5 Å². The zero-order valence-electron chi connectivity index (χ0n) is 22.0. The summed E-state index contributed by atoms with van der Waals surface area (Å²) in [5.74, 6) is -1.71. The first-order valence-electron chi connectivity index (χ1n) is 12.9. The molecule has 0 aliphatic carbocycles. The molecule has 6 rings (SSSR count). The number of piperazine rings is 1. The Morgan fingerprint density at radius 3 is 2.46 bits per heavy atom. The summed E-state index contributed by atoms with van der Waals surface area (Å²) in [5.41, 5.74) is 0.866. The van der Waals surface area contributed by atoms with Crippen LogP contribution in [0.5, 0.6) is 11.8 Å². The fraction of sp³-hybridized carbons (Fsp3) is 0.167. The molecule has 0 radical (unpaired) electrons. The Morgan fingerprint density at radius 2 is 1.71 bits per heavy atom. The van der Waals surface area contributed by atoms with Crippen molar-refractivity contribution in [1.82, 2.24) is 24.8 Å². The molecule has 1 saturated heterocycles. The monoisotopic (exact) mass is 554 g/mol. The Bertz CT molecular complexity index is 1810. The van der Waals surface area contributed by atoms with Crippen molar-refractivity contribution >= 4 is 39.5 Å². The lowest BCUT2D eigenvalue weighted by atomic mass is 9.96. The minimum Gasteiger partial charge on any atom is -0.508 e. The van der Waals surface area contributed by atoms with Gasteiger partial charge in [0.1, 0.15) is 17.1 Å². The van der Waals surface area contributed by atoms with Crippen LogP contribution in [0.3, 0.4) is 0 Å². The SMILES string of the molecule is COc1nc(N2CCN(C(=O)/C(F)=C/c3ncccn3)CC2)c2ccc(-c3cc(O)cc4ccccc34)c(F)c2n1. The molecule has 1 fully saturated rings. The predicted molar refractivity (Wildman–Crippen MR) is 151 cm³/mol. The normalized spacial score (nSPS) is 14.1. The van der Waals surface area contributed by atoms with E-state index in [4.69, 9.17) is 4.74 Å². The highest BCUT2D eigenvalue weighted by atomic mass is 19.1. The minimum absolute atomic E-state index is 0.0142. The number of fused-ring (bicyclic) bond motifs is 2. The summed E-state index contributed by atoms with van der Waals surface area (Å²) >= 11 is 0. The Balaban J connectivity index is 1.31. The van der Waals surface area contributed by atoms with Crippen LogP contribution < -0.4 is 9.64 Å². The molecule has 206 valence electrons. The quantitative estimate of drug-likeness (QED) is 0.311. The lowest BCUT2D eigenvalue weighted by Crippen LogP contribution is -2.49. The predicted octanol–water partition coefficient (Wildman–Crippen LogP) is 4.75. The second-order valence-corrected chi connectivity index (χ2v) is 9.45. The van der Waals surface area contributed by atoms with E-state index in [1.54, 1.807) is 24.3 Å². The zero-order valence-corrected chi connectivity index (χ0v) is 22.0. The van der Waals surface area contributed by atoms with Crippen molar-refractivity contribution in [2.75, 3.05) is 38.2 Å². The van der Waals surface area contributed by atoms with Crippen LogP contribution in [0.15, 0.2) is 72.8 Å². The molecule has 0 atom stereocenters. The molecule has 1 aliphatic rings. The number of aromatic nitrogens is 4. The molecule has 11 heteroatoms. The lowest BCUT2D eigenvalue weighted by Gasteiger charge is -2.35. The first-order chi connectivity index (χ1) is 19.9. The second kappa shape index (κ2) is 10.8. The number of phenolic OH excluding ortho intramolecular Hbond substituents is 1. The number of amides is 1. The summed E-state index contributed by atoms with van der Waals surface area (Å²) in [4.78, 5) is 32.6. The Morgan fingerprint density at radius 1 is 0.951 bits per heavy atom. The van der Waals surface area contributed by atoms with Gasteiger partial charge in [-0.2, -0.15) is 9.97 Å². The summed E-state index contributed by atoms with van der Waals surface area (Å²) in [5, 5.41) is 12.3. The average Bonchev–Trinajstić information content (AvgIpc) is 3.00. The number of methoxy groups -OCH3 is 1. The summed E-state index contributed by atoms with van der Waals surface area (Å²) in [6.45, 7) is 1.10. The Hall–Kier alpha value is -5.19. The third-order valence-corrected chi connectivity index (χ3v) is 7.00. The van der Waals surface area contributed by atoms with E-state index in [1.807, 2.05) is 29.2 Å². The molecule has 0 spiro atoms. The van der Waals surface area contributed by atoms with E-state index in [2.05, 4.69) is 19.9 Å². The van der Waals surface area contributed by atoms with Gasteiger partial charge in [0.05, 0.1) is 7.11 Å². The van der Waals surface area contributed by atoms with Crippen molar-refractivity contribution in [2.24, 2.45) is 0 Å². The topological polar surface area (TPSA) is 105 Å². The summed E-state index contributed by atoms with van der Waals surface area (Å²) in [7, 11) is 1.40. The fourth-order valence-electron chi connectivity index (χ4n) is 5.02. The number of nitrogens with zero attached hydrogens (tertiary/aromatic N) is 6. The Kier molecular flexibility index (Phi) is 6.84. The largest absolute Gasteiger partial charge is 0.508 e. The van der Waals surface area contributed by atoms with Crippen molar-refractivity contribution in [3.8, 4) is 22.9 Å². The number of rotatable bonds is 5. The highest BCUT2D eigenvalue weighted by Crippen LogP contribution is 2.38. The average molecular weight is 555 g/mol. The van der Waals surface area contributed by atoms with Gasteiger partial charge in [0, 0.05) is 55.6 Å². The van der Waals surface area contributed by atoms with Crippen molar-refractivity contribution in [3.63, 3.8) is 0 Å². The molecule has 3 heterocycles. The van der Waals surface area contributed by atoms with Gasteiger partial charge in [0.2, 0.25) is 0 Å². The van der Waals surface area contributed by atoms with Crippen LogP contribution in [0.1, 0.15) is 5.82 Å². The number of halogens is 2. The number of carbonyl (C=O) groups excluding carboxylic acids is 1. The number of phenols is 1. The van der Waals surface area contributed by atoms with Crippen LogP contribution in [0.25, 0.3) is 38.9 Å². The van der Waals surface area contributed by atoms with Gasteiger partial charge in [-0.25, -0.2) is 18.7 Å². The maximum atomic E-state index is 16.2. The van der Waals surface area contributed by atoms with E-state index in [-0.39, 0.29) is 41.8 Å². The van der Waals surface area contributed by atoms with Gasteiger partial charge in [0.15, 0.2) is 17.5 Å². The molecule has 0 bridgehead atoms. The first kappa shape index (κ1) is 26.1. The van der Waals surface area contributed by atoms with Crippen LogP contribution in [0.2, 0.25) is 0 Å². The van der Waals surface area contributed by atoms with Gasteiger partial charge in [0.25, 0.3) is 5.91 Å². The standard InChI is InChI=1S/C30H24F2N6O3/c1-41-30-35-27-22(8-7-21(26(27)32)23-16-19(39)15-18-5-2-3-6-20(18)23)28(36-30)37-11-13-38(14-12-37)29(40)24(31)17-25-33-9-4-10-34-25/h2-10,15-17,39H,11-14H2,1H3/b24-17-. The molecule has 3 aromatic carbocycles. The van der Waals surface area contributed by atoms with Crippen LogP contribution in [-0.4, -0.2) is 69.1 Å². The van der Waals surface area contributed by atoms with Crippen LogP contribution in [0, 0.1) is 5.82 Å². The second-order valence-electron chi connectivity index (χ2n) is 9.45. The summed E-state index contributed by atoms with van der Waals surface area (Å²) in [6, 6.07) is 15.5. The molecule has 1 aliphatic heterocycles. The highest BCUT2D eigenvalue weighted by Gasteiger charge is 2.27. The van der Waals surface area contributed by atoms with E-state index in [0.717, 1.165) is 16.8 Å². The summed E-state index contributed by atoms with van der Waals surface area (Å²) in [6.07, 6.45) is 3.94. The number of benzene rings is 3. The maximum absolute atomic E-state index is 16.2. The Labute approximate surface area is 233 Å². The lowest BCUT2D eigenvalue weighted by molar-refractivity contribution is -0.128. The van der Waals surface area contributed by atoms with Gasteiger partial charge >= 0.3 is 6.01 Å². The number of carbonyl (C=O) groups is 1. The van der Waals surface area contributed by atoms with Crippen molar-refractivity contribution in [3.05, 3.63) is 84.5 Å². The molecule has 0 unspecified atom stereocenters. The number of aromatic hydroxyl groups is 1. The van der Waals surface area contributed by atoms with Crippen LogP contribution in [0.4, 0.5) is 14.6 Å². The van der Waals surface area contributed by atoms with Crippen molar-refractivity contribution in [1.29, 1.82) is 0 Å². The number of hydrogen-bond acceptors (Lipinski definition) is 8. The molecule has 41 heavy (non-hydrogen) atoms. The van der Waals surface area contributed by atoms with Gasteiger partial charge < -0.3 is 19.6 Å². The van der Waals surface area contributed by atoms with Crippen molar-refractivity contribution < 1.29 is 23.4 Å². The number of ether oxygens (including phenoxy) is 1. The molecular weight excluding hydrogens is 530 g/mol. The van der Waals surface area contributed by atoms with E-state index >= 15 is 4.39 Å². The molecule has 2 aromatic heterocycles.